The molecule has 3 unspecified atom stereocenters. The third-order valence-electron chi connectivity index (χ3n) is 6.36. The molecular formula is C25H26N2O4. The monoisotopic (exact) mass is 418 g/mol. The second-order valence-corrected chi connectivity index (χ2v) is 8.40. The lowest BCUT2D eigenvalue weighted by Gasteiger charge is -2.23. The Labute approximate surface area is 181 Å². The molecule has 0 bridgehead atoms. The van der Waals surface area contributed by atoms with Crippen LogP contribution in [0.5, 0.6) is 5.75 Å². The van der Waals surface area contributed by atoms with Crippen LogP contribution in [0.2, 0.25) is 0 Å². The van der Waals surface area contributed by atoms with Crippen molar-refractivity contribution in [3.05, 3.63) is 71.9 Å². The molecule has 31 heavy (non-hydrogen) atoms. The first-order valence-electron chi connectivity index (χ1n) is 10.9. The Hall–Kier alpha value is -2.96. The quantitative estimate of drug-likeness (QED) is 0.532. The number of pyridine rings is 1. The summed E-state index contributed by atoms with van der Waals surface area (Å²) in [6.45, 7) is 1.03. The number of carboxylic acids is 1. The van der Waals surface area contributed by atoms with Crippen molar-refractivity contribution in [3.8, 4) is 5.75 Å². The Balaban J connectivity index is 1.25. The molecule has 2 fully saturated rings. The molecule has 1 saturated carbocycles. The maximum absolute atomic E-state index is 11.1. The SMILES string of the molecule is O=C(O)C1ON1CC(c1ccc(OCc2ccc3ccccc3n2)cc1)C1CCCC1. The minimum atomic E-state index is -0.920. The lowest BCUT2D eigenvalue weighted by molar-refractivity contribution is -0.138. The summed E-state index contributed by atoms with van der Waals surface area (Å²) in [5.74, 6) is 0.710. The van der Waals surface area contributed by atoms with Crippen molar-refractivity contribution >= 4 is 16.9 Å². The number of carbonyl (C=O) groups is 1. The van der Waals surface area contributed by atoms with Crippen molar-refractivity contribution in [2.24, 2.45) is 5.92 Å². The number of hydroxylamine groups is 2. The van der Waals surface area contributed by atoms with Crippen LogP contribution >= 0.6 is 0 Å². The molecule has 5 rings (SSSR count). The molecular weight excluding hydrogens is 392 g/mol. The molecule has 0 spiro atoms. The van der Waals surface area contributed by atoms with Gasteiger partial charge >= 0.3 is 5.97 Å². The summed E-state index contributed by atoms with van der Waals surface area (Å²) in [6.07, 6.45) is 4.06. The van der Waals surface area contributed by atoms with Crippen LogP contribution in [-0.2, 0) is 16.2 Å². The van der Waals surface area contributed by atoms with Crippen LogP contribution in [0.3, 0.4) is 0 Å². The molecule has 6 heteroatoms. The number of rotatable bonds is 8. The highest BCUT2D eigenvalue weighted by molar-refractivity contribution is 5.78. The van der Waals surface area contributed by atoms with Gasteiger partial charge in [0, 0.05) is 17.8 Å². The van der Waals surface area contributed by atoms with Gasteiger partial charge in [-0.05, 0) is 48.6 Å². The second kappa shape index (κ2) is 8.65. The highest BCUT2D eigenvalue weighted by atomic mass is 16.8. The summed E-state index contributed by atoms with van der Waals surface area (Å²) in [6, 6.07) is 20.3. The van der Waals surface area contributed by atoms with E-state index in [2.05, 4.69) is 23.2 Å². The third kappa shape index (κ3) is 4.55. The molecule has 2 aromatic carbocycles. The summed E-state index contributed by atoms with van der Waals surface area (Å²) in [7, 11) is 0. The normalized spacial score (nSPS) is 21.8. The predicted molar refractivity (Wildman–Crippen MR) is 116 cm³/mol. The van der Waals surface area contributed by atoms with E-state index in [1.165, 1.54) is 31.2 Å². The van der Waals surface area contributed by atoms with Gasteiger partial charge in [0.1, 0.15) is 12.4 Å². The standard InChI is InChI=1S/C25H26N2O4/c28-25(29)24-27(31-24)15-22(17-5-1-2-6-17)18-10-13-21(14-11-18)30-16-20-12-9-19-7-3-4-8-23(19)26-20/h3-4,7-14,17,22,24H,1-2,5-6,15-16H2,(H,28,29). The van der Waals surface area contributed by atoms with E-state index in [4.69, 9.17) is 14.7 Å². The van der Waals surface area contributed by atoms with Gasteiger partial charge in [0.2, 0.25) is 0 Å². The Kier molecular flexibility index (Phi) is 5.57. The molecule has 1 aliphatic heterocycles. The topological polar surface area (TPSA) is 75.0 Å². The van der Waals surface area contributed by atoms with E-state index in [9.17, 15) is 4.79 Å². The zero-order chi connectivity index (χ0) is 21.2. The van der Waals surface area contributed by atoms with Crippen molar-refractivity contribution in [2.45, 2.75) is 44.4 Å². The van der Waals surface area contributed by atoms with Gasteiger partial charge in [-0.1, -0.05) is 49.2 Å². The van der Waals surface area contributed by atoms with Crippen molar-refractivity contribution in [1.82, 2.24) is 10.0 Å². The average Bonchev–Trinajstić information content (AvgIpc) is 3.38. The fraction of sp³-hybridized carbons (Fsp3) is 0.360. The van der Waals surface area contributed by atoms with Crippen LogP contribution < -0.4 is 4.74 Å². The zero-order valence-corrected chi connectivity index (χ0v) is 17.3. The highest BCUT2D eigenvalue weighted by Crippen LogP contribution is 2.40. The largest absolute Gasteiger partial charge is 0.487 e. The fourth-order valence-corrected chi connectivity index (χ4v) is 4.65. The smallest absolute Gasteiger partial charge is 0.352 e. The Morgan fingerprint density at radius 2 is 1.87 bits per heavy atom. The Morgan fingerprint density at radius 3 is 2.61 bits per heavy atom. The Bertz CT molecular complexity index is 1060. The van der Waals surface area contributed by atoms with Crippen LogP contribution in [0.1, 0.15) is 42.9 Å². The van der Waals surface area contributed by atoms with Gasteiger partial charge in [0.05, 0.1) is 11.2 Å². The molecule has 0 radical (unpaired) electrons. The fourth-order valence-electron chi connectivity index (χ4n) is 4.65. The average molecular weight is 418 g/mol. The predicted octanol–water partition coefficient (Wildman–Crippen LogP) is 4.75. The molecule has 1 N–H and O–H groups in total. The van der Waals surface area contributed by atoms with Gasteiger partial charge in [-0.3, -0.25) is 4.84 Å². The molecule has 2 heterocycles. The van der Waals surface area contributed by atoms with E-state index < -0.39 is 12.2 Å². The van der Waals surface area contributed by atoms with Gasteiger partial charge in [0.25, 0.3) is 6.23 Å². The molecule has 1 aliphatic carbocycles. The van der Waals surface area contributed by atoms with Gasteiger partial charge in [-0.2, -0.15) is 0 Å². The first-order valence-corrected chi connectivity index (χ1v) is 10.9. The third-order valence-corrected chi connectivity index (χ3v) is 6.36. The van der Waals surface area contributed by atoms with Gasteiger partial charge in [0.15, 0.2) is 0 Å². The number of fused-ring (bicyclic) bond motifs is 1. The van der Waals surface area contributed by atoms with E-state index in [0.29, 0.717) is 19.1 Å². The number of aliphatic carboxylic acids is 1. The first kappa shape index (κ1) is 20.0. The second-order valence-electron chi connectivity index (χ2n) is 8.40. The van der Waals surface area contributed by atoms with Gasteiger partial charge in [-0.25, -0.2) is 9.78 Å². The summed E-state index contributed by atoms with van der Waals surface area (Å²) < 4.78 is 5.97. The number of para-hydroxylation sites is 1. The maximum atomic E-state index is 11.1. The van der Waals surface area contributed by atoms with Gasteiger partial charge < -0.3 is 9.84 Å². The lowest BCUT2D eigenvalue weighted by atomic mass is 9.84. The minimum Gasteiger partial charge on any atom is -0.487 e. The van der Waals surface area contributed by atoms with E-state index in [1.54, 1.807) is 5.06 Å². The number of hydrogen-bond donors (Lipinski definition) is 1. The molecule has 2 aliphatic rings. The number of nitrogens with zero attached hydrogens (tertiary/aromatic N) is 2. The van der Waals surface area contributed by atoms with Crippen LogP contribution in [0.4, 0.5) is 0 Å². The minimum absolute atomic E-state index is 0.267. The summed E-state index contributed by atoms with van der Waals surface area (Å²) in [5, 5.41) is 11.8. The molecule has 0 amide bonds. The van der Waals surface area contributed by atoms with E-state index in [1.807, 2.05) is 42.5 Å². The number of hydrogen-bond acceptors (Lipinski definition) is 5. The van der Waals surface area contributed by atoms with Crippen LogP contribution in [0, 0.1) is 5.92 Å². The molecule has 1 aromatic heterocycles. The van der Waals surface area contributed by atoms with Crippen molar-refractivity contribution < 1.29 is 19.5 Å². The molecule has 3 aromatic rings. The number of benzene rings is 2. The number of ether oxygens (including phenoxy) is 1. The Morgan fingerprint density at radius 1 is 1.10 bits per heavy atom. The summed E-state index contributed by atoms with van der Waals surface area (Å²) >= 11 is 0. The first-order chi connectivity index (χ1) is 15.2. The summed E-state index contributed by atoms with van der Waals surface area (Å²) in [5.41, 5.74) is 3.07. The molecule has 6 nitrogen and oxygen atoms in total. The van der Waals surface area contributed by atoms with Crippen molar-refractivity contribution in [3.63, 3.8) is 0 Å². The van der Waals surface area contributed by atoms with E-state index in [-0.39, 0.29) is 5.92 Å². The maximum Gasteiger partial charge on any atom is 0.352 e. The highest BCUT2D eigenvalue weighted by Gasteiger charge is 2.45. The van der Waals surface area contributed by atoms with E-state index >= 15 is 0 Å². The van der Waals surface area contributed by atoms with E-state index in [0.717, 1.165) is 22.3 Å². The summed E-state index contributed by atoms with van der Waals surface area (Å²) in [4.78, 5) is 21.0. The molecule has 1 saturated heterocycles. The zero-order valence-electron chi connectivity index (χ0n) is 17.3. The van der Waals surface area contributed by atoms with Crippen LogP contribution in [-0.4, -0.2) is 33.9 Å². The lowest BCUT2D eigenvalue weighted by Crippen LogP contribution is -2.22. The van der Waals surface area contributed by atoms with Crippen LogP contribution in [0.25, 0.3) is 10.9 Å². The van der Waals surface area contributed by atoms with Gasteiger partial charge in [-0.15, -0.1) is 5.06 Å². The number of carboxylic acid groups (broad SMARTS) is 1. The molecule has 3 atom stereocenters. The van der Waals surface area contributed by atoms with Crippen molar-refractivity contribution in [2.75, 3.05) is 6.54 Å². The van der Waals surface area contributed by atoms with Crippen LogP contribution in [0.15, 0.2) is 60.7 Å². The van der Waals surface area contributed by atoms with Crippen molar-refractivity contribution in [1.29, 1.82) is 0 Å². The number of aromatic nitrogens is 1. The molecule has 160 valence electrons.